The first kappa shape index (κ1) is 12.1. The molecule has 0 unspecified atom stereocenters. The molecule has 0 amide bonds. The summed E-state index contributed by atoms with van der Waals surface area (Å²) in [5.74, 6) is 0. The standard InChI is InChI=1S/C13H18BrNO/c14-11-5-6-12(15-10-11)9-13(16)7-3-1-2-4-8-13/h5-6,10,16H,1-4,7-9H2. The molecule has 0 saturated heterocycles. The minimum Gasteiger partial charge on any atom is -0.389 e. The fraction of sp³-hybridized carbons (Fsp3) is 0.615. The fourth-order valence-corrected chi connectivity index (χ4v) is 2.65. The Morgan fingerprint density at radius 3 is 2.44 bits per heavy atom. The SMILES string of the molecule is OC1(Cc2ccc(Br)cn2)CCCCCC1. The van der Waals surface area contributed by atoms with Crippen molar-refractivity contribution in [2.24, 2.45) is 0 Å². The van der Waals surface area contributed by atoms with Gasteiger partial charge in [0.2, 0.25) is 0 Å². The first-order valence-corrected chi connectivity index (χ1v) is 6.80. The van der Waals surface area contributed by atoms with E-state index >= 15 is 0 Å². The number of rotatable bonds is 2. The smallest absolute Gasteiger partial charge is 0.0703 e. The largest absolute Gasteiger partial charge is 0.389 e. The lowest BCUT2D eigenvalue weighted by molar-refractivity contribution is 0.0243. The molecule has 0 aromatic carbocycles. The average molecular weight is 284 g/mol. The van der Waals surface area contributed by atoms with Crippen molar-refractivity contribution in [1.82, 2.24) is 4.98 Å². The second-order valence-electron chi connectivity index (χ2n) is 4.78. The van der Waals surface area contributed by atoms with Gasteiger partial charge < -0.3 is 5.11 Å². The number of pyridine rings is 1. The maximum absolute atomic E-state index is 10.5. The summed E-state index contributed by atoms with van der Waals surface area (Å²) >= 11 is 3.37. The molecule has 1 heterocycles. The molecule has 3 heteroatoms. The summed E-state index contributed by atoms with van der Waals surface area (Å²) in [5, 5.41) is 10.5. The van der Waals surface area contributed by atoms with Crippen molar-refractivity contribution in [3.05, 3.63) is 28.5 Å². The summed E-state index contributed by atoms with van der Waals surface area (Å²) in [5.41, 5.74) is 0.477. The summed E-state index contributed by atoms with van der Waals surface area (Å²) in [4.78, 5) is 4.34. The first-order chi connectivity index (χ1) is 7.68. The van der Waals surface area contributed by atoms with Crippen LogP contribution in [0.25, 0.3) is 0 Å². The normalized spacial score (nSPS) is 20.4. The topological polar surface area (TPSA) is 33.1 Å². The van der Waals surface area contributed by atoms with E-state index < -0.39 is 5.60 Å². The van der Waals surface area contributed by atoms with E-state index in [4.69, 9.17) is 0 Å². The molecule has 88 valence electrons. The maximum atomic E-state index is 10.5. The lowest BCUT2D eigenvalue weighted by Crippen LogP contribution is -2.30. The monoisotopic (exact) mass is 283 g/mol. The Kier molecular flexibility index (Phi) is 3.98. The van der Waals surface area contributed by atoms with E-state index in [1.165, 1.54) is 12.8 Å². The average Bonchev–Trinajstić information content (AvgIpc) is 2.47. The molecule has 1 N–H and O–H groups in total. The van der Waals surface area contributed by atoms with Gasteiger partial charge in [-0.15, -0.1) is 0 Å². The maximum Gasteiger partial charge on any atom is 0.0703 e. The molecule has 1 aliphatic carbocycles. The Labute approximate surface area is 105 Å². The molecule has 2 nitrogen and oxygen atoms in total. The molecular weight excluding hydrogens is 266 g/mol. The van der Waals surface area contributed by atoms with Crippen LogP contribution in [0.15, 0.2) is 22.8 Å². The lowest BCUT2D eigenvalue weighted by atomic mass is 9.89. The zero-order chi connectivity index (χ0) is 11.4. The third-order valence-corrected chi connectivity index (χ3v) is 3.80. The van der Waals surface area contributed by atoms with Gasteiger partial charge in [-0.3, -0.25) is 4.98 Å². The summed E-state index contributed by atoms with van der Waals surface area (Å²) in [6, 6.07) is 3.98. The van der Waals surface area contributed by atoms with Gasteiger partial charge in [-0.05, 0) is 40.9 Å². The van der Waals surface area contributed by atoms with Gasteiger partial charge in [-0.2, -0.15) is 0 Å². The molecule has 0 atom stereocenters. The summed E-state index contributed by atoms with van der Waals surface area (Å²) in [7, 11) is 0. The molecule has 1 aliphatic rings. The van der Waals surface area contributed by atoms with Crippen LogP contribution < -0.4 is 0 Å². The summed E-state index contributed by atoms with van der Waals surface area (Å²) in [6.07, 6.45) is 9.15. The zero-order valence-electron chi connectivity index (χ0n) is 9.45. The lowest BCUT2D eigenvalue weighted by Gasteiger charge is -2.26. The van der Waals surface area contributed by atoms with Gasteiger partial charge in [-0.25, -0.2) is 0 Å². The van der Waals surface area contributed by atoms with E-state index in [0.29, 0.717) is 6.42 Å². The van der Waals surface area contributed by atoms with E-state index in [0.717, 1.165) is 35.8 Å². The van der Waals surface area contributed by atoms with E-state index in [9.17, 15) is 5.11 Å². The third-order valence-electron chi connectivity index (χ3n) is 3.33. The van der Waals surface area contributed by atoms with E-state index in [1.807, 2.05) is 12.1 Å². The molecule has 1 aromatic rings. The second kappa shape index (κ2) is 5.28. The molecular formula is C13H18BrNO. The number of hydrogen-bond donors (Lipinski definition) is 1. The van der Waals surface area contributed by atoms with Gasteiger partial charge in [-0.1, -0.05) is 25.7 Å². The number of nitrogens with zero attached hydrogens (tertiary/aromatic N) is 1. The van der Waals surface area contributed by atoms with Gasteiger partial charge in [0.15, 0.2) is 0 Å². The van der Waals surface area contributed by atoms with Gasteiger partial charge >= 0.3 is 0 Å². The van der Waals surface area contributed by atoms with Gasteiger partial charge in [0.1, 0.15) is 0 Å². The molecule has 1 saturated carbocycles. The van der Waals surface area contributed by atoms with Crippen LogP contribution in [0.2, 0.25) is 0 Å². The quantitative estimate of drug-likeness (QED) is 0.843. The van der Waals surface area contributed by atoms with Crippen LogP contribution in [0.1, 0.15) is 44.2 Å². The van der Waals surface area contributed by atoms with Crippen molar-refractivity contribution in [3.8, 4) is 0 Å². The van der Waals surface area contributed by atoms with Crippen LogP contribution in [-0.2, 0) is 6.42 Å². The Balaban J connectivity index is 2.04. The van der Waals surface area contributed by atoms with Crippen LogP contribution in [0, 0.1) is 0 Å². The van der Waals surface area contributed by atoms with E-state index in [1.54, 1.807) is 6.20 Å². The highest BCUT2D eigenvalue weighted by Gasteiger charge is 2.28. The van der Waals surface area contributed by atoms with Crippen LogP contribution in [0.4, 0.5) is 0 Å². The Hall–Kier alpha value is -0.410. The van der Waals surface area contributed by atoms with Gasteiger partial charge in [0.25, 0.3) is 0 Å². The molecule has 0 bridgehead atoms. The van der Waals surface area contributed by atoms with E-state index in [-0.39, 0.29) is 0 Å². The Morgan fingerprint density at radius 2 is 1.88 bits per heavy atom. The van der Waals surface area contributed by atoms with Crippen molar-refractivity contribution in [1.29, 1.82) is 0 Å². The van der Waals surface area contributed by atoms with Crippen molar-refractivity contribution in [3.63, 3.8) is 0 Å². The Bertz CT molecular complexity index is 328. The molecule has 2 rings (SSSR count). The predicted molar refractivity (Wildman–Crippen MR) is 68.3 cm³/mol. The third kappa shape index (κ3) is 3.29. The van der Waals surface area contributed by atoms with Gasteiger partial charge in [0, 0.05) is 22.8 Å². The molecule has 1 fully saturated rings. The Morgan fingerprint density at radius 1 is 1.19 bits per heavy atom. The van der Waals surface area contributed by atoms with E-state index in [2.05, 4.69) is 20.9 Å². The summed E-state index contributed by atoms with van der Waals surface area (Å²) in [6.45, 7) is 0. The van der Waals surface area contributed by atoms with Crippen molar-refractivity contribution < 1.29 is 5.11 Å². The number of halogens is 1. The predicted octanol–water partition coefficient (Wildman–Crippen LogP) is 3.47. The number of hydrogen-bond acceptors (Lipinski definition) is 2. The highest BCUT2D eigenvalue weighted by Crippen LogP contribution is 2.29. The van der Waals surface area contributed by atoms with Crippen molar-refractivity contribution in [2.45, 2.75) is 50.5 Å². The molecule has 1 aromatic heterocycles. The van der Waals surface area contributed by atoms with Gasteiger partial charge in [0.05, 0.1) is 5.60 Å². The van der Waals surface area contributed by atoms with Crippen molar-refractivity contribution in [2.75, 3.05) is 0 Å². The molecule has 0 aliphatic heterocycles. The minimum absolute atomic E-state index is 0.517. The van der Waals surface area contributed by atoms with Crippen LogP contribution in [-0.4, -0.2) is 15.7 Å². The molecule has 0 radical (unpaired) electrons. The van der Waals surface area contributed by atoms with Crippen LogP contribution >= 0.6 is 15.9 Å². The highest BCUT2D eigenvalue weighted by molar-refractivity contribution is 9.10. The number of aliphatic hydroxyl groups is 1. The highest BCUT2D eigenvalue weighted by atomic mass is 79.9. The molecule has 0 spiro atoms. The number of aromatic nitrogens is 1. The first-order valence-electron chi connectivity index (χ1n) is 6.01. The van der Waals surface area contributed by atoms with Crippen LogP contribution in [0.3, 0.4) is 0 Å². The minimum atomic E-state index is -0.517. The molecule has 16 heavy (non-hydrogen) atoms. The second-order valence-corrected chi connectivity index (χ2v) is 5.70. The zero-order valence-corrected chi connectivity index (χ0v) is 11.0. The fourth-order valence-electron chi connectivity index (χ4n) is 2.41. The van der Waals surface area contributed by atoms with Crippen molar-refractivity contribution >= 4 is 15.9 Å². The summed E-state index contributed by atoms with van der Waals surface area (Å²) < 4.78 is 0.990. The van der Waals surface area contributed by atoms with Crippen LogP contribution in [0.5, 0.6) is 0 Å².